The summed E-state index contributed by atoms with van der Waals surface area (Å²) in [7, 11) is 1.47. The first-order valence-electron chi connectivity index (χ1n) is 6.88. The number of aromatic nitrogens is 1. The van der Waals surface area contributed by atoms with Crippen LogP contribution in [-0.2, 0) is 4.74 Å². The Morgan fingerprint density at radius 3 is 2.55 bits per heavy atom. The Morgan fingerprint density at radius 1 is 1.36 bits per heavy atom. The fraction of sp³-hybridized carbons (Fsp3) is 0.571. The lowest BCUT2D eigenvalue weighted by Gasteiger charge is -2.39. The number of hydrogen-bond acceptors (Lipinski definition) is 5. The molecule has 2 heterocycles. The van der Waals surface area contributed by atoms with Gasteiger partial charge in [-0.15, -0.1) is 0 Å². The summed E-state index contributed by atoms with van der Waals surface area (Å²) in [5.74, 6) is -2.07. The van der Waals surface area contributed by atoms with E-state index >= 15 is 0 Å². The molecule has 1 aliphatic heterocycles. The number of carbonyl (C=O) groups is 1. The molecular formula is C14H19F2N3O3. The van der Waals surface area contributed by atoms with Crippen LogP contribution in [0.4, 0.5) is 19.4 Å². The van der Waals surface area contributed by atoms with E-state index in [-0.39, 0.29) is 24.8 Å². The minimum atomic E-state index is -0.882. The molecule has 0 unspecified atom stereocenters. The van der Waals surface area contributed by atoms with Gasteiger partial charge in [0, 0.05) is 13.1 Å². The lowest BCUT2D eigenvalue weighted by molar-refractivity contribution is -0.0241. The molecule has 0 spiro atoms. The molecule has 0 radical (unpaired) electrons. The Hall–Kier alpha value is -2.12. The molecule has 0 aliphatic carbocycles. The van der Waals surface area contributed by atoms with Crippen molar-refractivity contribution in [1.29, 1.82) is 0 Å². The zero-order chi connectivity index (χ0) is 16.5. The summed E-state index contributed by atoms with van der Waals surface area (Å²) in [4.78, 5) is 16.9. The van der Waals surface area contributed by atoms with Gasteiger partial charge in [-0.1, -0.05) is 0 Å². The van der Waals surface area contributed by atoms with E-state index in [0.29, 0.717) is 6.07 Å². The smallest absolute Gasteiger partial charge is 0.410 e. The highest BCUT2D eigenvalue weighted by Gasteiger charge is 2.36. The third-order valence-electron chi connectivity index (χ3n) is 2.91. The van der Waals surface area contributed by atoms with Crippen LogP contribution in [0.25, 0.3) is 0 Å². The number of halogens is 2. The van der Waals surface area contributed by atoms with E-state index in [4.69, 9.17) is 9.47 Å². The van der Waals surface area contributed by atoms with Crippen LogP contribution in [-0.4, -0.2) is 47.8 Å². The molecule has 1 fully saturated rings. The highest BCUT2D eigenvalue weighted by atomic mass is 19.1. The van der Waals surface area contributed by atoms with Crippen molar-refractivity contribution in [2.45, 2.75) is 32.5 Å². The number of amides is 1. The van der Waals surface area contributed by atoms with E-state index in [1.807, 2.05) is 0 Å². The van der Waals surface area contributed by atoms with Gasteiger partial charge in [-0.25, -0.2) is 13.6 Å². The SMILES string of the molecule is CNc1nc(OC2CN(C(=O)OC(C)(C)C)C2)c(F)cc1F. The second-order valence-corrected chi connectivity index (χ2v) is 5.98. The van der Waals surface area contributed by atoms with Crippen LogP contribution in [0.2, 0.25) is 0 Å². The van der Waals surface area contributed by atoms with Gasteiger partial charge >= 0.3 is 6.09 Å². The lowest BCUT2D eigenvalue weighted by Crippen LogP contribution is -2.57. The van der Waals surface area contributed by atoms with E-state index in [1.54, 1.807) is 20.8 Å². The van der Waals surface area contributed by atoms with Gasteiger partial charge in [-0.3, -0.25) is 0 Å². The maximum Gasteiger partial charge on any atom is 0.410 e. The molecule has 0 bridgehead atoms. The van der Waals surface area contributed by atoms with E-state index in [2.05, 4.69) is 10.3 Å². The number of nitrogens with one attached hydrogen (secondary N) is 1. The molecule has 0 saturated carbocycles. The number of rotatable bonds is 3. The summed E-state index contributed by atoms with van der Waals surface area (Å²) in [6.45, 7) is 5.85. The number of ether oxygens (including phenoxy) is 2. The number of anilines is 1. The summed E-state index contributed by atoms with van der Waals surface area (Å²) in [6.07, 6.45) is -0.847. The average Bonchev–Trinajstić information content (AvgIpc) is 2.32. The minimum Gasteiger partial charge on any atom is -0.468 e. The van der Waals surface area contributed by atoms with Crippen molar-refractivity contribution in [3.8, 4) is 5.88 Å². The largest absolute Gasteiger partial charge is 0.468 e. The zero-order valence-corrected chi connectivity index (χ0v) is 12.9. The molecule has 2 rings (SSSR count). The van der Waals surface area contributed by atoms with Crippen LogP contribution in [0.3, 0.4) is 0 Å². The molecule has 1 aromatic heterocycles. The number of carbonyl (C=O) groups excluding carboxylic acids is 1. The van der Waals surface area contributed by atoms with Gasteiger partial charge in [0.05, 0.1) is 13.1 Å². The second kappa shape index (κ2) is 5.94. The van der Waals surface area contributed by atoms with Crippen molar-refractivity contribution in [2.75, 3.05) is 25.5 Å². The fourth-order valence-electron chi connectivity index (χ4n) is 1.85. The summed E-state index contributed by atoms with van der Waals surface area (Å²) in [5, 5.41) is 2.51. The molecule has 8 heteroatoms. The van der Waals surface area contributed by atoms with Crippen molar-refractivity contribution in [1.82, 2.24) is 9.88 Å². The second-order valence-electron chi connectivity index (χ2n) is 5.98. The van der Waals surface area contributed by atoms with E-state index < -0.39 is 29.4 Å². The Balaban J connectivity index is 1.92. The Morgan fingerprint density at radius 2 is 2.00 bits per heavy atom. The number of pyridine rings is 1. The molecule has 1 saturated heterocycles. The summed E-state index contributed by atoms with van der Waals surface area (Å²) < 4.78 is 37.4. The van der Waals surface area contributed by atoms with Gasteiger partial charge in [0.2, 0.25) is 0 Å². The average molecular weight is 315 g/mol. The number of nitrogens with zero attached hydrogens (tertiary/aromatic N) is 2. The molecule has 1 aromatic rings. The van der Waals surface area contributed by atoms with Crippen molar-refractivity contribution < 1.29 is 23.0 Å². The van der Waals surface area contributed by atoms with Crippen LogP contribution in [0.1, 0.15) is 20.8 Å². The van der Waals surface area contributed by atoms with Crippen LogP contribution < -0.4 is 10.1 Å². The monoisotopic (exact) mass is 315 g/mol. The van der Waals surface area contributed by atoms with E-state index in [1.165, 1.54) is 11.9 Å². The number of likely N-dealkylation sites (tertiary alicyclic amines) is 1. The third-order valence-corrected chi connectivity index (χ3v) is 2.91. The van der Waals surface area contributed by atoms with Gasteiger partial charge < -0.3 is 19.7 Å². The highest BCUT2D eigenvalue weighted by molar-refractivity contribution is 5.69. The number of hydrogen-bond donors (Lipinski definition) is 1. The standard InChI is InChI=1S/C14H19F2N3O3/c1-14(2,3)22-13(20)19-6-8(7-19)21-12-10(16)5-9(15)11(17-4)18-12/h5,8H,6-7H2,1-4H3,(H,17,18). The quantitative estimate of drug-likeness (QED) is 0.928. The zero-order valence-electron chi connectivity index (χ0n) is 12.9. The maximum absolute atomic E-state index is 13.6. The molecule has 1 aliphatic rings. The fourth-order valence-corrected chi connectivity index (χ4v) is 1.85. The van der Waals surface area contributed by atoms with E-state index in [9.17, 15) is 13.6 Å². The summed E-state index contributed by atoms with van der Waals surface area (Å²) in [5.41, 5.74) is -0.574. The molecule has 0 aromatic carbocycles. The maximum atomic E-state index is 13.6. The predicted molar refractivity (Wildman–Crippen MR) is 75.9 cm³/mol. The molecule has 1 N–H and O–H groups in total. The van der Waals surface area contributed by atoms with E-state index in [0.717, 1.165) is 0 Å². The van der Waals surface area contributed by atoms with Crippen molar-refractivity contribution >= 4 is 11.9 Å². The normalized spacial score (nSPS) is 15.3. The van der Waals surface area contributed by atoms with Gasteiger partial charge in [0.25, 0.3) is 5.88 Å². The van der Waals surface area contributed by atoms with Crippen LogP contribution in [0, 0.1) is 11.6 Å². The van der Waals surface area contributed by atoms with Gasteiger partial charge in [0.1, 0.15) is 11.7 Å². The molecule has 1 amide bonds. The van der Waals surface area contributed by atoms with Crippen molar-refractivity contribution in [3.05, 3.63) is 17.7 Å². The Bertz CT molecular complexity index is 569. The van der Waals surface area contributed by atoms with Crippen LogP contribution in [0.5, 0.6) is 5.88 Å². The summed E-state index contributed by atoms with van der Waals surface area (Å²) >= 11 is 0. The van der Waals surface area contributed by atoms with Crippen molar-refractivity contribution in [2.24, 2.45) is 0 Å². The van der Waals surface area contributed by atoms with Crippen molar-refractivity contribution in [3.63, 3.8) is 0 Å². The summed E-state index contributed by atoms with van der Waals surface area (Å²) in [6, 6.07) is 0.707. The molecule has 122 valence electrons. The van der Waals surface area contributed by atoms with Gasteiger partial charge in [-0.05, 0) is 20.8 Å². The topological polar surface area (TPSA) is 63.7 Å². The van der Waals surface area contributed by atoms with Crippen LogP contribution >= 0.6 is 0 Å². The third kappa shape index (κ3) is 3.75. The molecule has 6 nitrogen and oxygen atoms in total. The first-order chi connectivity index (χ1) is 10.2. The molecular weight excluding hydrogens is 296 g/mol. The first kappa shape index (κ1) is 16.3. The predicted octanol–water partition coefficient (Wildman–Crippen LogP) is 2.40. The van der Waals surface area contributed by atoms with Gasteiger partial charge in [-0.2, -0.15) is 4.98 Å². The molecule has 0 atom stereocenters. The minimum absolute atomic E-state index is 0.0975. The Labute approximate surface area is 127 Å². The Kier molecular flexibility index (Phi) is 4.39. The lowest BCUT2D eigenvalue weighted by atomic mass is 10.2. The van der Waals surface area contributed by atoms with Crippen LogP contribution in [0.15, 0.2) is 6.07 Å². The highest BCUT2D eigenvalue weighted by Crippen LogP contribution is 2.24. The molecule has 22 heavy (non-hydrogen) atoms. The van der Waals surface area contributed by atoms with Gasteiger partial charge in [0.15, 0.2) is 17.5 Å². The first-order valence-corrected chi connectivity index (χ1v) is 6.88.